The summed E-state index contributed by atoms with van der Waals surface area (Å²) in [6, 6.07) is 11.7. The van der Waals surface area contributed by atoms with Crippen LogP contribution in [0.25, 0.3) is 0 Å². The van der Waals surface area contributed by atoms with Gasteiger partial charge in [-0.2, -0.15) is 0 Å². The number of rotatable bonds is 4. The van der Waals surface area contributed by atoms with Gasteiger partial charge in [0.15, 0.2) is 0 Å². The number of benzene rings is 2. The van der Waals surface area contributed by atoms with Crippen LogP contribution in [0.4, 0.5) is 9.59 Å². The Kier molecular flexibility index (Phi) is 4.38. The highest BCUT2D eigenvalue weighted by atomic mass is 16.7. The standard InChI is InChI=1S/C15H10O7/c16-13(9-5-2-1-3-6-9)12-10(21-14(17)18)7-4-8-11(12)22-15(19)20/h1-8H,(H,17,18)(H,19,20). The fourth-order valence-corrected chi connectivity index (χ4v) is 1.83. The van der Waals surface area contributed by atoms with E-state index in [1.165, 1.54) is 30.3 Å². The van der Waals surface area contributed by atoms with E-state index in [0.29, 0.717) is 0 Å². The van der Waals surface area contributed by atoms with Gasteiger partial charge in [0, 0.05) is 5.56 Å². The molecular weight excluding hydrogens is 292 g/mol. The van der Waals surface area contributed by atoms with Gasteiger partial charge in [-0.25, -0.2) is 9.59 Å². The van der Waals surface area contributed by atoms with E-state index in [9.17, 15) is 14.4 Å². The molecule has 112 valence electrons. The van der Waals surface area contributed by atoms with Gasteiger partial charge in [-0.3, -0.25) is 4.79 Å². The molecule has 0 heterocycles. The van der Waals surface area contributed by atoms with E-state index in [1.807, 2.05) is 0 Å². The quantitative estimate of drug-likeness (QED) is 0.507. The Morgan fingerprint density at radius 3 is 1.68 bits per heavy atom. The van der Waals surface area contributed by atoms with Crippen molar-refractivity contribution in [1.82, 2.24) is 0 Å². The van der Waals surface area contributed by atoms with E-state index in [1.54, 1.807) is 18.2 Å². The van der Waals surface area contributed by atoms with Crippen LogP contribution in [0, 0.1) is 0 Å². The Labute approximate surface area is 124 Å². The van der Waals surface area contributed by atoms with Crippen molar-refractivity contribution in [3.05, 3.63) is 59.7 Å². The van der Waals surface area contributed by atoms with E-state index < -0.39 is 18.1 Å². The highest BCUT2D eigenvalue weighted by Gasteiger charge is 2.23. The first-order chi connectivity index (χ1) is 10.5. The number of carboxylic acid groups (broad SMARTS) is 2. The lowest BCUT2D eigenvalue weighted by Gasteiger charge is -2.11. The zero-order valence-electron chi connectivity index (χ0n) is 11.1. The summed E-state index contributed by atoms with van der Waals surface area (Å²) in [7, 11) is 0. The van der Waals surface area contributed by atoms with Gasteiger partial charge in [-0.1, -0.05) is 36.4 Å². The molecule has 0 saturated carbocycles. The Bertz CT molecular complexity index is 688. The molecule has 2 aromatic rings. The van der Waals surface area contributed by atoms with Crippen LogP contribution in [-0.4, -0.2) is 28.3 Å². The van der Waals surface area contributed by atoms with Gasteiger partial charge in [-0.05, 0) is 12.1 Å². The van der Waals surface area contributed by atoms with Gasteiger partial charge in [-0.15, -0.1) is 0 Å². The molecule has 0 bridgehead atoms. The summed E-state index contributed by atoms with van der Waals surface area (Å²) >= 11 is 0. The Hall–Kier alpha value is -3.35. The Balaban J connectivity index is 2.56. The lowest BCUT2D eigenvalue weighted by molar-refractivity contribution is 0.103. The maximum Gasteiger partial charge on any atom is 0.511 e. The zero-order chi connectivity index (χ0) is 16.1. The van der Waals surface area contributed by atoms with E-state index in [2.05, 4.69) is 9.47 Å². The Morgan fingerprint density at radius 2 is 1.23 bits per heavy atom. The predicted octanol–water partition coefficient (Wildman–Crippen LogP) is 3.03. The number of ether oxygens (including phenoxy) is 2. The second kappa shape index (κ2) is 6.40. The lowest BCUT2D eigenvalue weighted by atomic mass is 10.0. The van der Waals surface area contributed by atoms with Gasteiger partial charge < -0.3 is 19.7 Å². The van der Waals surface area contributed by atoms with E-state index >= 15 is 0 Å². The maximum absolute atomic E-state index is 12.5. The second-order valence-corrected chi connectivity index (χ2v) is 4.06. The molecule has 0 fully saturated rings. The summed E-state index contributed by atoms with van der Waals surface area (Å²) in [5.74, 6) is -1.23. The lowest BCUT2D eigenvalue weighted by Crippen LogP contribution is -2.13. The van der Waals surface area contributed by atoms with Crippen molar-refractivity contribution in [1.29, 1.82) is 0 Å². The molecule has 0 amide bonds. The van der Waals surface area contributed by atoms with Gasteiger partial charge in [0.05, 0.1) is 0 Å². The third-order valence-corrected chi connectivity index (χ3v) is 2.65. The summed E-state index contributed by atoms with van der Waals surface area (Å²) in [5, 5.41) is 17.5. The molecule has 2 aromatic carbocycles. The first kappa shape index (κ1) is 15.0. The van der Waals surface area contributed by atoms with Crippen molar-refractivity contribution in [2.75, 3.05) is 0 Å². The van der Waals surface area contributed by atoms with Crippen molar-refractivity contribution in [2.24, 2.45) is 0 Å². The smallest absolute Gasteiger partial charge is 0.449 e. The molecule has 0 aliphatic rings. The molecule has 7 nitrogen and oxygen atoms in total. The first-order valence-corrected chi connectivity index (χ1v) is 6.03. The van der Waals surface area contributed by atoms with Crippen LogP contribution in [0.15, 0.2) is 48.5 Å². The van der Waals surface area contributed by atoms with Crippen LogP contribution >= 0.6 is 0 Å². The molecule has 2 rings (SSSR count). The van der Waals surface area contributed by atoms with E-state index in [0.717, 1.165) is 0 Å². The third kappa shape index (κ3) is 3.40. The summed E-state index contributed by atoms with van der Waals surface area (Å²) < 4.78 is 9.07. The number of hydrogen-bond acceptors (Lipinski definition) is 5. The van der Waals surface area contributed by atoms with Gasteiger partial charge in [0.2, 0.25) is 5.78 Å². The molecule has 0 aliphatic heterocycles. The van der Waals surface area contributed by atoms with Gasteiger partial charge in [0.1, 0.15) is 17.1 Å². The molecule has 0 atom stereocenters. The van der Waals surface area contributed by atoms with Crippen molar-refractivity contribution < 1.29 is 34.1 Å². The van der Waals surface area contributed by atoms with Crippen molar-refractivity contribution in [2.45, 2.75) is 0 Å². The van der Waals surface area contributed by atoms with Crippen LogP contribution in [0.5, 0.6) is 11.5 Å². The van der Waals surface area contributed by atoms with E-state index in [4.69, 9.17) is 10.2 Å². The maximum atomic E-state index is 12.5. The molecule has 0 radical (unpaired) electrons. The fraction of sp³-hybridized carbons (Fsp3) is 0. The Morgan fingerprint density at radius 1 is 0.727 bits per heavy atom. The summed E-state index contributed by atoms with van der Waals surface area (Å²) in [5.41, 5.74) is -0.0438. The summed E-state index contributed by atoms with van der Waals surface area (Å²) in [6.45, 7) is 0. The van der Waals surface area contributed by atoms with Crippen molar-refractivity contribution >= 4 is 18.1 Å². The van der Waals surface area contributed by atoms with Crippen LogP contribution < -0.4 is 9.47 Å². The van der Waals surface area contributed by atoms with Crippen LogP contribution in [-0.2, 0) is 0 Å². The molecule has 7 heteroatoms. The molecule has 22 heavy (non-hydrogen) atoms. The molecule has 2 N–H and O–H groups in total. The average molecular weight is 302 g/mol. The zero-order valence-corrected chi connectivity index (χ0v) is 11.1. The molecule has 0 aliphatic carbocycles. The molecule has 0 unspecified atom stereocenters. The largest absolute Gasteiger partial charge is 0.511 e. The van der Waals surface area contributed by atoms with Crippen LogP contribution in [0.2, 0.25) is 0 Å². The predicted molar refractivity (Wildman–Crippen MR) is 73.6 cm³/mol. The minimum Gasteiger partial charge on any atom is -0.449 e. The number of carbonyl (C=O) groups is 3. The van der Waals surface area contributed by atoms with Gasteiger partial charge >= 0.3 is 12.3 Å². The molecule has 0 saturated heterocycles. The second-order valence-electron chi connectivity index (χ2n) is 4.06. The highest BCUT2D eigenvalue weighted by Crippen LogP contribution is 2.31. The topological polar surface area (TPSA) is 110 Å². The van der Waals surface area contributed by atoms with Crippen molar-refractivity contribution in [3.8, 4) is 11.5 Å². The fourth-order valence-electron chi connectivity index (χ4n) is 1.83. The van der Waals surface area contributed by atoms with Crippen molar-refractivity contribution in [3.63, 3.8) is 0 Å². The van der Waals surface area contributed by atoms with Gasteiger partial charge in [0.25, 0.3) is 0 Å². The van der Waals surface area contributed by atoms with Crippen LogP contribution in [0.1, 0.15) is 15.9 Å². The number of carbonyl (C=O) groups excluding carboxylic acids is 1. The molecule has 0 aromatic heterocycles. The SMILES string of the molecule is O=C(O)Oc1cccc(OC(=O)O)c1C(=O)c1ccccc1. The summed E-state index contributed by atoms with van der Waals surface area (Å²) in [4.78, 5) is 34.0. The average Bonchev–Trinajstić information content (AvgIpc) is 2.46. The molecule has 0 spiro atoms. The highest BCUT2D eigenvalue weighted by molar-refractivity contribution is 6.13. The minimum absolute atomic E-state index is 0.235. The normalized spacial score (nSPS) is 9.82. The minimum atomic E-state index is -1.63. The van der Waals surface area contributed by atoms with E-state index in [-0.39, 0.29) is 22.6 Å². The van der Waals surface area contributed by atoms with Crippen LogP contribution in [0.3, 0.4) is 0 Å². The summed E-state index contributed by atoms with van der Waals surface area (Å²) in [6.07, 6.45) is -3.26. The third-order valence-electron chi connectivity index (χ3n) is 2.65. The number of ketones is 1. The number of hydrogen-bond donors (Lipinski definition) is 2. The first-order valence-electron chi connectivity index (χ1n) is 6.03. The monoisotopic (exact) mass is 302 g/mol. The molecular formula is C15H10O7.